The molecule has 3 heterocycles. The van der Waals surface area contributed by atoms with Gasteiger partial charge in [-0.25, -0.2) is 0 Å². The number of carbonyl (C=O) groups is 2. The Kier molecular flexibility index (Phi) is 6.17. The third kappa shape index (κ3) is 5.00. The topological polar surface area (TPSA) is 66.7 Å². The highest BCUT2D eigenvalue weighted by atomic mass is 16.3. The molecule has 0 N–H and O–H groups in total. The summed E-state index contributed by atoms with van der Waals surface area (Å²) in [4.78, 5) is 33.6. The highest BCUT2D eigenvalue weighted by Gasteiger charge is 2.34. The average molecular weight is 383 g/mol. The number of hydrogen-bond acceptors (Lipinski definition) is 4. The zero-order chi connectivity index (χ0) is 20.1. The molecule has 150 valence electrons. The lowest BCUT2D eigenvalue weighted by Gasteiger charge is -2.36. The fourth-order valence-corrected chi connectivity index (χ4v) is 3.58. The first-order chi connectivity index (χ1) is 13.3. The van der Waals surface area contributed by atoms with Gasteiger partial charge in [0.2, 0.25) is 11.8 Å². The predicted octanol–water partition coefficient (Wildman–Crippen LogP) is 3.49. The van der Waals surface area contributed by atoms with Gasteiger partial charge in [-0.1, -0.05) is 26.8 Å². The van der Waals surface area contributed by atoms with E-state index in [1.807, 2.05) is 54.8 Å². The van der Waals surface area contributed by atoms with E-state index >= 15 is 0 Å². The fourth-order valence-electron chi connectivity index (χ4n) is 3.58. The SMILES string of the molecule is CC(C)(C)C(=O)N1CCC(C(=O)N(Cc2cccnc2)Cc2ccco2)CC1. The molecule has 1 fully saturated rings. The Morgan fingerprint density at radius 3 is 2.50 bits per heavy atom. The summed E-state index contributed by atoms with van der Waals surface area (Å²) < 4.78 is 5.46. The second-order valence-corrected chi connectivity index (χ2v) is 8.45. The summed E-state index contributed by atoms with van der Waals surface area (Å²) in [7, 11) is 0. The Morgan fingerprint density at radius 1 is 1.18 bits per heavy atom. The number of nitrogens with zero attached hydrogens (tertiary/aromatic N) is 3. The van der Waals surface area contributed by atoms with Gasteiger partial charge in [-0.2, -0.15) is 0 Å². The Hall–Kier alpha value is -2.63. The lowest BCUT2D eigenvalue weighted by atomic mass is 9.90. The number of aromatic nitrogens is 1. The summed E-state index contributed by atoms with van der Waals surface area (Å²) in [5.41, 5.74) is 0.602. The first-order valence-electron chi connectivity index (χ1n) is 9.84. The van der Waals surface area contributed by atoms with E-state index in [0.717, 1.165) is 11.3 Å². The molecule has 1 aliphatic rings. The number of carbonyl (C=O) groups excluding carboxylic acids is 2. The third-order valence-electron chi connectivity index (χ3n) is 5.11. The van der Waals surface area contributed by atoms with Crippen molar-refractivity contribution in [1.82, 2.24) is 14.8 Å². The van der Waals surface area contributed by atoms with Crippen LogP contribution in [0.3, 0.4) is 0 Å². The van der Waals surface area contributed by atoms with Crippen LogP contribution in [0.1, 0.15) is 44.9 Å². The van der Waals surface area contributed by atoms with Gasteiger partial charge in [0.05, 0.1) is 12.8 Å². The van der Waals surface area contributed by atoms with Gasteiger partial charge in [0, 0.05) is 43.4 Å². The van der Waals surface area contributed by atoms with Crippen molar-refractivity contribution in [3.05, 3.63) is 54.2 Å². The molecule has 2 amide bonds. The predicted molar refractivity (Wildman–Crippen MR) is 106 cm³/mol. The van der Waals surface area contributed by atoms with Crippen molar-refractivity contribution in [2.45, 2.75) is 46.7 Å². The molecule has 0 spiro atoms. The Bertz CT molecular complexity index is 773. The molecule has 0 aromatic carbocycles. The van der Waals surface area contributed by atoms with Gasteiger partial charge < -0.3 is 14.2 Å². The molecule has 6 heteroatoms. The maximum atomic E-state index is 13.3. The third-order valence-corrected chi connectivity index (χ3v) is 5.11. The van der Waals surface area contributed by atoms with Crippen molar-refractivity contribution in [1.29, 1.82) is 0 Å². The summed E-state index contributed by atoms with van der Waals surface area (Å²) >= 11 is 0. The number of pyridine rings is 1. The van der Waals surface area contributed by atoms with E-state index in [-0.39, 0.29) is 23.1 Å². The molecule has 1 aliphatic heterocycles. The smallest absolute Gasteiger partial charge is 0.227 e. The average Bonchev–Trinajstić information content (AvgIpc) is 3.20. The first-order valence-corrected chi connectivity index (χ1v) is 9.84. The zero-order valence-electron chi connectivity index (χ0n) is 16.9. The van der Waals surface area contributed by atoms with E-state index in [2.05, 4.69) is 4.98 Å². The molecule has 2 aromatic heterocycles. The second-order valence-electron chi connectivity index (χ2n) is 8.45. The molecule has 0 saturated carbocycles. The summed E-state index contributed by atoms with van der Waals surface area (Å²) in [5.74, 6) is 0.956. The molecule has 2 aromatic rings. The van der Waals surface area contributed by atoms with Gasteiger partial charge in [0.15, 0.2) is 0 Å². The molecule has 0 bridgehead atoms. The van der Waals surface area contributed by atoms with Crippen LogP contribution in [-0.4, -0.2) is 39.7 Å². The van der Waals surface area contributed by atoms with Gasteiger partial charge in [0.25, 0.3) is 0 Å². The molecule has 0 radical (unpaired) electrons. The quantitative estimate of drug-likeness (QED) is 0.793. The van der Waals surface area contributed by atoms with Crippen LogP contribution in [0.5, 0.6) is 0 Å². The maximum absolute atomic E-state index is 13.3. The molecule has 1 saturated heterocycles. The number of hydrogen-bond donors (Lipinski definition) is 0. The molecular weight excluding hydrogens is 354 g/mol. The maximum Gasteiger partial charge on any atom is 0.227 e. The molecule has 28 heavy (non-hydrogen) atoms. The van der Waals surface area contributed by atoms with Crippen LogP contribution in [-0.2, 0) is 22.7 Å². The zero-order valence-corrected chi connectivity index (χ0v) is 16.9. The van der Waals surface area contributed by atoms with Crippen LogP contribution in [0, 0.1) is 11.3 Å². The number of piperidine rings is 1. The first kappa shape index (κ1) is 20.1. The normalized spacial score (nSPS) is 15.5. The number of likely N-dealkylation sites (tertiary alicyclic amines) is 1. The summed E-state index contributed by atoms with van der Waals surface area (Å²) in [6, 6.07) is 7.56. The second kappa shape index (κ2) is 8.59. The van der Waals surface area contributed by atoms with Gasteiger partial charge in [-0.05, 0) is 36.6 Å². The molecule has 3 rings (SSSR count). The van der Waals surface area contributed by atoms with E-state index in [4.69, 9.17) is 4.42 Å². The van der Waals surface area contributed by atoms with Crippen molar-refractivity contribution in [3.8, 4) is 0 Å². The van der Waals surface area contributed by atoms with Crippen molar-refractivity contribution in [2.24, 2.45) is 11.3 Å². The molecule has 0 unspecified atom stereocenters. The van der Waals surface area contributed by atoms with Gasteiger partial charge in [0.1, 0.15) is 5.76 Å². The van der Waals surface area contributed by atoms with Crippen LogP contribution < -0.4 is 0 Å². The van der Waals surface area contributed by atoms with Gasteiger partial charge >= 0.3 is 0 Å². The van der Waals surface area contributed by atoms with Crippen molar-refractivity contribution in [3.63, 3.8) is 0 Å². The standard InChI is InChI=1S/C22H29N3O3/c1-22(2,3)21(27)24-11-8-18(9-12-24)20(26)25(16-19-7-5-13-28-19)15-17-6-4-10-23-14-17/h4-7,10,13-14,18H,8-9,11-12,15-16H2,1-3H3. The minimum absolute atomic E-state index is 0.0735. The van der Waals surface area contributed by atoms with Crippen LogP contribution in [0.4, 0.5) is 0 Å². The van der Waals surface area contributed by atoms with Crippen LogP contribution in [0.15, 0.2) is 47.3 Å². The van der Waals surface area contributed by atoms with Gasteiger partial charge in [-0.3, -0.25) is 14.6 Å². The van der Waals surface area contributed by atoms with Crippen LogP contribution in [0.2, 0.25) is 0 Å². The highest BCUT2D eigenvalue weighted by molar-refractivity contribution is 5.82. The van der Waals surface area contributed by atoms with E-state index in [1.165, 1.54) is 0 Å². The lowest BCUT2D eigenvalue weighted by Crippen LogP contribution is -2.47. The van der Waals surface area contributed by atoms with Crippen molar-refractivity contribution < 1.29 is 14.0 Å². The molecular formula is C22H29N3O3. The molecule has 0 aliphatic carbocycles. The number of amides is 2. The monoisotopic (exact) mass is 383 g/mol. The minimum Gasteiger partial charge on any atom is -0.467 e. The Balaban J connectivity index is 1.66. The highest BCUT2D eigenvalue weighted by Crippen LogP contribution is 2.26. The van der Waals surface area contributed by atoms with Crippen LogP contribution >= 0.6 is 0 Å². The number of furan rings is 1. The summed E-state index contributed by atoms with van der Waals surface area (Å²) in [5, 5.41) is 0. The van der Waals surface area contributed by atoms with E-state index in [0.29, 0.717) is 39.0 Å². The lowest BCUT2D eigenvalue weighted by molar-refractivity contribution is -0.145. The summed E-state index contributed by atoms with van der Waals surface area (Å²) in [6.07, 6.45) is 6.53. The fraction of sp³-hybridized carbons (Fsp3) is 0.500. The molecule has 0 atom stereocenters. The van der Waals surface area contributed by atoms with Crippen molar-refractivity contribution >= 4 is 11.8 Å². The van der Waals surface area contributed by atoms with E-state index < -0.39 is 0 Å². The number of rotatable bonds is 5. The van der Waals surface area contributed by atoms with E-state index in [9.17, 15) is 9.59 Å². The summed E-state index contributed by atoms with van der Waals surface area (Å²) in [6.45, 7) is 8.00. The van der Waals surface area contributed by atoms with Gasteiger partial charge in [-0.15, -0.1) is 0 Å². The Labute approximate surface area is 166 Å². The Morgan fingerprint density at radius 2 is 1.93 bits per heavy atom. The molecule has 6 nitrogen and oxygen atoms in total. The van der Waals surface area contributed by atoms with Crippen LogP contribution in [0.25, 0.3) is 0 Å². The largest absolute Gasteiger partial charge is 0.467 e. The van der Waals surface area contributed by atoms with Crippen molar-refractivity contribution in [2.75, 3.05) is 13.1 Å². The minimum atomic E-state index is -0.386. The van der Waals surface area contributed by atoms with E-state index in [1.54, 1.807) is 18.7 Å².